The van der Waals surface area contributed by atoms with E-state index in [0.29, 0.717) is 36.7 Å². The molecule has 8 nitrogen and oxygen atoms in total. The molecular formula is C24H28N6O2. The monoisotopic (exact) mass is 432 g/mol. The quantitative estimate of drug-likeness (QED) is 0.621. The van der Waals surface area contributed by atoms with Gasteiger partial charge in [-0.2, -0.15) is 5.26 Å². The van der Waals surface area contributed by atoms with Crippen LogP contribution in [0.2, 0.25) is 0 Å². The maximum absolute atomic E-state index is 12.9. The molecule has 166 valence electrons. The van der Waals surface area contributed by atoms with E-state index in [9.17, 15) is 9.59 Å². The first-order valence-electron chi connectivity index (χ1n) is 10.5. The van der Waals surface area contributed by atoms with Gasteiger partial charge in [0.15, 0.2) is 5.96 Å². The van der Waals surface area contributed by atoms with Crippen molar-refractivity contribution in [2.24, 2.45) is 16.6 Å². The Labute approximate surface area is 188 Å². The van der Waals surface area contributed by atoms with Crippen LogP contribution in [0.3, 0.4) is 0 Å². The minimum atomic E-state index is -0.803. The van der Waals surface area contributed by atoms with Crippen LogP contribution < -0.4 is 16.4 Å². The summed E-state index contributed by atoms with van der Waals surface area (Å²) in [5.74, 6) is 0.507. The molecule has 1 aliphatic rings. The Morgan fingerprint density at radius 2 is 1.91 bits per heavy atom. The Hall–Kier alpha value is -3.86. The number of anilines is 1. The van der Waals surface area contributed by atoms with Crippen LogP contribution in [-0.4, -0.2) is 28.3 Å². The molecule has 3 amide bonds. The molecule has 0 aromatic heterocycles. The first-order valence-corrected chi connectivity index (χ1v) is 10.5. The number of nitrogens with zero attached hydrogens (tertiary/aromatic N) is 3. The number of urea groups is 1. The second-order valence-electron chi connectivity index (χ2n) is 8.55. The number of carbonyl (C=O) groups excluding carboxylic acids is 2. The molecule has 0 saturated carbocycles. The minimum absolute atomic E-state index is 0.0772. The molecular weight excluding hydrogens is 404 g/mol. The zero-order chi connectivity index (χ0) is 23.3. The van der Waals surface area contributed by atoms with Gasteiger partial charge in [-0.05, 0) is 48.6 Å². The van der Waals surface area contributed by atoms with Crippen molar-refractivity contribution in [1.29, 1.82) is 5.26 Å². The van der Waals surface area contributed by atoms with E-state index in [0.717, 1.165) is 11.1 Å². The van der Waals surface area contributed by atoms with Crippen molar-refractivity contribution in [3.8, 4) is 6.07 Å². The van der Waals surface area contributed by atoms with Crippen molar-refractivity contribution >= 4 is 23.6 Å². The normalized spacial score (nSPS) is 17.8. The summed E-state index contributed by atoms with van der Waals surface area (Å²) < 4.78 is 0. The summed E-state index contributed by atoms with van der Waals surface area (Å²) in [6, 6.07) is 16.0. The molecule has 0 bridgehead atoms. The van der Waals surface area contributed by atoms with E-state index in [4.69, 9.17) is 11.0 Å². The van der Waals surface area contributed by atoms with E-state index in [-0.39, 0.29) is 17.9 Å². The van der Waals surface area contributed by atoms with Gasteiger partial charge >= 0.3 is 6.03 Å². The summed E-state index contributed by atoms with van der Waals surface area (Å²) in [6.07, 6.45) is 0.649. The molecule has 32 heavy (non-hydrogen) atoms. The van der Waals surface area contributed by atoms with Crippen LogP contribution in [0.4, 0.5) is 10.5 Å². The molecule has 3 rings (SSSR count). The summed E-state index contributed by atoms with van der Waals surface area (Å²) in [5, 5.41) is 14.4. The van der Waals surface area contributed by atoms with Crippen LogP contribution in [0, 0.1) is 17.2 Å². The van der Waals surface area contributed by atoms with E-state index in [2.05, 4.69) is 29.5 Å². The number of nitrogens with one attached hydrogen (secondary N) is 2. The average Bonchev–Trinajstić information content (AvgIpc) is 2.95. The lowest BCUT2D eigenvalue weighted by Crippen LogP contribution is -2.43. The average molecular weight is 433 g/mol. The minimum Gasteiger partial charge on any atom is -0.369 e. The topological polar surface area (TPSA) is 124 Å². The summed E-state index contributed by atoms with van der Waals surface area (Å²) in [4.78, 5) is 30.9. The highest BCUT2D eigenvalue weighted by Crippen LogP contribution is 2.29. The van der Waals surface area contributed by atoms with Gasteiger partial charge in [0, 0.05) is 12.2 Å². The van der Waals surface area contributed by atoms with Gasteiger partial charge in [0.2, 0.25) is 0 Å². The van der Waals surface area contributed by atoms with Crippen molar-refractivity contribution in [2.75, 3.05) is 5.32 Å². The van der Waals surface area contributed by atoms with Crippen LogP contribution >= 0.6 is 0 Å². The third-order valence-electron chi connectivity index (χ3n) is 5.22. The van der Waals surface area contributed by atoms with Gasteiger partial charge in [0.1, 0.15) is 5.54 Å². The van der Waals surface area contributed by atoms with Gasteiger partial charge in [-0.15, -0.1) is 0 Å². The SMILES string of the molecule is CC(C)CC1(C)N=C(N)N(Cc2ccc(CNC(=O)Nc3cccc(C#N)c3)cc2)C1=O. The number of benzene rings is 2. The molecule has 8 heteroatoms. The highest BCUT2D eigenvalue weighted by atomic mass is 16.2. The van der Waals surface area contributed by atoms with Crippen LogP contribution in [0.15, 0.2) is 53.5 Å². The Morgan fingerprint density at radius 1 is 1.22 bits per heavy atom. The fraction of sp³-hybridized carbons (Fsp3) is 0.333. The molecule has 0 saturated heterocycles. The first-order chi connectivity index (χ1) is 15.2. The van der Waals surface area contributed by atoms with Gasteiger partial charge in [0.05, 0.1) is 18.2 Å². The number of amides is 3. The molecule has 0 fully saturated rings. The fourth-order valence-electron chi connectivity index (χ4n) is 3.81. The Kier molecular flexibility index (Phi) is 6.79. The van der Waals surface area contributed by atoms with Crippen molar-refractivity contribution in [1.82, 2.24) is 10.2 Å². The predicted molar refractivity (Wildman–Crippen MR) is 123 cm³/mol. The van der Waals surface area contributed by atoms with Crippen molar-refractivity contribution in [3.63, 3.8) is 0 Å². The lowest BCUT2D eigenvalue weighted by Gasteiger charge is -2.23. The second-order valence-corrected chi connectivity index (χ2v) is 8.55. The fourth-order valence-corrected chi connectivity index (χ4v) is 3.81. The number of hydrogen-bond donors (Lipinski definition) is 3. The van der Waals surface area contributed by atoms with Gasteiger partial charge in [0.25, 0.3) is 5.91 Å². The molecule has 1 atom stereocenters. The maximum atomic E-state index is 12.9. The number of aliphatic imine (C=N–C) groups is 1. The zero-order valence-corrected chi connectivity index (χ0v) is 18.6. The molecule has 1 heterocycles. The van der Waals surface area contributed by atoms with Gasteiger partial charge in [-0.3, -0.25) is 9.69 Å². The van der Waals surface area contributed by atoms with Crippen LogP contribution in [0.1, 0.15) is 43.9 Å². The first kappa shape index (κ1) is 22.8. The molecule has 2 aromatic rings. The van der Waals surface area contributed by atoms with Gasteiger partial charge in [-0.25, -0.2) is 9.79 Å². The number of nitrogens with two attached hydrogens (primary N) is 1. The molecule has 4 N–H and O–H groups in total. The smallest absolute Gasteiger partial charge is 0.319 e. The van der Waals surface area contributed by atoms with Crippen LogP contribution in [0.25, 0.3) is 0 Å². The lowest BCUT2D eigenvalue weighted by atomic mass is 9.91. The summed E-state index contributed by atoms with van der Waals surface area (Å²) in [6.45, 7) is 6.64. The Bertz CT molecular complexity index is 1070. The van der Waals surface area contributed by atoms with E-state index in [1.807, 2.05) is 37.3 Å². The number of rotatable bonds is 7. The Balaban J connectivity index is 1.54. The largest absolute Gasteiger partial charge is 0.369 e. The zero-order valence-electron chi connectivity index (χ0n) is 18.6. The van der Waals surface area contributed by atoms with Crippen LogP contribution in [-0.2, 0) is 17.9 Å². The van der Waals surface area contributed by atoms with Crippen LogP contribution in [0.5, 0.6) is 0 Å². The highest BCUT2D eigenvalue weighted by Gasteiger charge is 2.43. The van der Waals surface area contributed by atoms with Crippen molar-refractivity contribution in [3.05, 3.63) is 65.2 Å². The molecule has 2 aromatic carbocycles. The van der Waals surface area contributed by atoms with E-state index in [1.54, 1.807) is 24.3 Å². The standard InChI is InChI=1S/C24H28N6O2/c1-16(2)12-24(3)21(31)30(22(26)29-24)15-18-9-7-17(8-10-18)14-27-23(32)28-20-6-4-5-19(11-20)13-25/h4-11,16H,12,14-15H2,1-3H3,(H2,26,29)(H2,27,28,32). The van der Waals surface area contributed by atoms with Crippen molar-refractivity contribution < 1.29 is 9.59 Å². The maximum Gasteiger partial charge on any atom is 0.319 e. The second kappa shape index (κ2) is 9.52. The lowest BCUT2D eigenvalue weighted by molar-refractivity contribution is -0.131. The van der Waals surface area contributed by atoms with Crippen molar-refractivity contribution in [2.45, 2.75) is 45.8 Å². The predicted octanol–water partition coefficient (Wildman–Crippen LogP) is 3.34. The summed E-state index contributed by atoms with van der Waals surface area (Å²) >= 11 is 0. The summed E-state index contributed by atoms with van der Waals surface area (Å²) in [5.41, 5.74) is 8.10. The Morgan fingerprint density at radius 3 is 2.56 bits per heavy atom. The van der Waals surface area contributed by atoms with E-state index in [1.165, 1.54) is 4.90 Å². The van der Waals surface area contributed by atoms with E-state index < -0.39 is 5.54 Å². The molecule has 1 aliphatic heterocycles. The van der Waals surface area contributed by atoms with Gasteiger partial charge < -0.3 is 16.4 Å². The summed E-state index contributed by atoms with van der Waals surface area (Å²) in [7, 11) is 0. The number of carbonyl (C=O) groups is 2. The molecule has 1 unspecified atom stereocenters. The molecule has 0 spiro atoms. The number of nitriles is 1. The number of guanidine groups is 1. The highest BCUT2D eigenvalue weighted by molar-refractivity contribution is 6.06. The molecule has 0 aliphatic carbocycles. The number of hydrogen-bond acceptors (Lipinski definition) is 5. The third-order valence-corrected chi connectivity index (χ3v) is 5.22. The molecule has 0 radical (unpaired) electrons. The third kappa shape index (κ3) is 5.43. The van der Waals surface area contributed by atoms with Gasteiger partial charge in [-0.1, -0.05) is 44.2 Å². The van der Waals surface area contributed by atoms with E-state index >= 15 is 0 Å².